The summed E-state index contributed by atoms with van der Waals surface area (Å²) in [4.78, 5) is 24.9. The van der Waals surface area contributed by atoms with Crippen LogP contribution < -0.4 is 16.2 Å². The maximum Gasteiger partial charge on any atom is 0.278 e. The van der Waals surface area contributed by atoms with Gasteiger partial charge in [0.1, 0.15) is 28.6 Å². The van der Waals surface area contributed by atoms with Crippen LogP contribution >= 0.6 is 0 Å². The van der Waals surface area contributed by atoms with Crippen molar-refractivity contribution in [2.75, 3.05) is 5.01 Å². The van der Waals surface area contributed by atoms with Crippen molar-refractivity contribution in [1.29, 1.82) is 0 Å². The van der Waals surface area contributed by atoms with Crippen molar-refractivity contribution in [3.63, 3.8) is 0 Å². The fourth-order valence-corrected chi connectivity index (χ4v) is 3.07. The molecule has 0 bridgehead atoms. The molecule has 1 heterocycles. The topological polar surface area (TPSA) is 104 Å². The lowest BCUT2D eigenvalue weighted by Crippen LogP contribution is -2.41. The Hall–Kier alpha value is -2.81. The Morgan fingerprint density at radius 1 is 1.19 bits per heavy atom. The maximum absolute atomic E-state index is 13.8. The highest BCUT2D eigenvalue weighted by Crippen LogP contribution is 2.22. The van der Waals surface area contributed by atoms with E-state index in [-0.39, 0.29) is 17.4 Å². The monoisotopic (exact) mass is 363 g/mol. The third kappa shape index (κ3) is 3.57. The Morgan fingerprint density at radius 3 is 2.50 bits per heavy atom. The van der Waals surface area contributed by atoms with Crippen LogP contribution in [-0.2, 0) is 0 Å². The predicted molar refractivity (Wildman–Crippen MR) is 90.3 cm³/mol. The normalized spacial score (nSPS) is 14.9. The molecule has 0 radical (unpaired) electrons. The number of carbonyl (C=O) groups excluding carboxylic acids is 2. The second-order valence-corrected chi connectivity index (χ2v) is 6.21. The van der Waals surface area contributed by atoms with Gasteiger partial charge in [0.25, 0.3) is 11.8 Å². The zero-order valence-corrected chi connectivity index (χ0v) is 14.0. The van der Waals surface area contributed by atoms with Crippen molar-refractivity contribution in [1.82, 2.24) is 15.5 Å². The number of halogens is 2. The molecule has 2 amide bonds. The molecule has 1 aliphatic rings. The second kappa shape index (κ2) is 7.61. The molecule has 7 nitrogen and oxygen atoms in total. The molecule has 9 heteroatoms. The Balaban J connectivity index is 1.80. The summed E-state index contributed by atoms with van der Waals surface area (Å²) >= 11 is 0. The Kier molecular flexibility index (Phi) is 5.27. The third-order valence-corrected chi connectivity index (χ3v) is 4.44. The van der Waals surface area contributed by atoms with Gasteiger partial charge in [-0.15, -0.1) is 0 Å². The molecule has 4 N–H and O–H groups in total. The Bertz CT molecular complexity index is 797. The average molecular weight is 363 g/mol. The van der Waals surface area contributed by atoms with E-state index in [9.17, 15) is 18.4 Å². The number of amides is 2. The molecule has 0 unspecified atom stereocenters. The fraction of sp³-hybridized carbons (Fsp3) is 0.353. The van der Waals surface area contributed by atoms with Crippen molar-refractivity contribution < 1.29 is 18.4 Å². The van der Waals surface area contributed by atoms with Crippen LogP contribution in [0.5, 0.6) is 0 Å². The molecule has 1 fully saturated rings. The van der Waals surface area contributed by atoms with Crippen LogP contribution in [0.2, 0.25) is 0 Å². The minimum Gasteiger partial charge on any atom is -0.348 e. The summed E-state index contributed by atoms with van der Waals surface area (Å²) in [5.74, 6) is 2.07. The number of rotatable bonds is 4. The Labute approximate surface area is 148 Å². The van der Waals surface area contributed by atoms with Crippen molar-refractivity contribution in [2.45, 2.75) is 38.1 Å². The summed E-state index contributed by atoms with van der Waals surface area (Å²) in [6.45, 7) is 0. The largest absolute Gasteiger partial charge is 0.348 e. The number of H-pyrrole nitrogens is 1. The molecule has 0 aliphatic heterocycles. The molecule has 2 aromatic rings. The quantitative estimate of drug-likeness (QED) is 0.440. The number of aromatic amines is 1. The molecule has 138 valence electrons. The summed E-state index contributed by atoms with van der Waals surface area (Å²) < 4.78 is 27.7. The lowest BCUT2D eigenvalue weighted by atomic mass is 9.95. The van der Waals surface area contributed by atoms with Gasteiger partial charge in [0, 0.05) is 6.04 Å². The van der Waals surface area contributed by atoms with Gasteiger partial charge in [0.15, 0.2) is 0 Å². The van der Waals surface area contributed by atoms with Crippen LogP contribution in [0, 0.1) is 11.6 Å². The van der Waals surface area contributed by atoms with Gasteiger partial charge in [-0.3, -0.25) is 14.7 Å². The van der Waals surface area contributed by atoms with E-state index < -0.39 is 29.0 Å². The molecule has 1 aromatic carbocycles. The molecule has 26 heavy (non-hydrogen) atoms. The number of hydrazine groups is 1. The minimum absolute atomic E-state index is 0.0387. The van der Waals surface area contributed by atoms with E-state index in [4.69, 9.17) is 5.84 Å². The highest BCUT2D eigenvalue weighted by Gasteiger charge is 2.27. The van der Waals surface area contributed by atoms with Gasteiger partial charge >= 0.3 is 0 Å². The summed E-state index contributed by atoms with van der Waals surface area (Å²) in [6.07, 6.45) is 6.12. The first-order valence-corrected chi connectivity index (χ1v) is 8.36. The molecule has 1 aromatic heterocycles. The smallest absolute Gasteiger partial charge is 0.278 e. The van der Waals surface area contributed by atoms with Crippen molar-refractivity contribution in [2.24, 2.45) is 5.84 Å². The lowest BCUT2D eigenvalue weighted by molar-refractivity contribution is 0.0923. The van der Waals surface area contributed by atoms with Crippen molar-refractivity contribution >= 4 is 17.5 Å². The van der Waals surface area contributed by atoms with E-state index in [0.717, 1.165) is 56.5 Å². The van der Waals surface area contributed by atoms with Crippen LogP contribution in [0.4, 0.5) is 14.5 Å². The van der Waals surface area contributed by atoms with E-state index >= 15 is 0 Å². The van der Waals surface area contributed by atoms with Gasteiger partial charge in [-0.2, -0.15) is 5.10 Å². The second-order valence-electron chi connectivity index (χ2n) is 6.21. The highest BCUT2D eigenvalue weighted by molar-refractivity contribution is 6.09. The summed E-state index contributed by atoms with van der Waals surface area (Å²) in [6, 6.07) is 3.09. The first-order valence-electron chi connectivity index (χ1n) is 8.36. The van der Waals surface area contributed by atoms with Crippen LogP contribution in [0.15, 0.2) is 24.4 Å². The zero-order valence-electron chi connectivity index (χ0n) is 14.0. The van der Waals surface area contributed by atoms with E-state index in [1.807, 2.05) is 0 Å². The zero-order chi connectivity index (χ0) is 18.7. The SMILES string of the molecule is NN(C(=O)c1c(F)cccc1F)c1cn[nH]c1C(=O)NC1CCCCC1. The van der Waals surface area contributed by atoms with Gasteiger partial charge in [-0.25, -0.2) is 19.6 Å². The number of benzene rings is 1. The first kappa shape index (κ1) is 18.0. The molecule has 1 aliphatic carbocycles. The van der Waals surface area contributed by atoms with Crippen LogP contribution in [0.3, 0.4) is 0 Å². The number of nitrogens with one attached hydrogen (secondary N) is 2. The van der Waals surface area contributed by atoms with Gasteiger partial charge in [-0.1, -0.05) is 25.3 Å². The number of hydrogen-bond acceptors (Lipinski definition) is 4. The van der Waals surface area contributed by atoms with Crippen molar-refractivity contribution in [3.05, 3.63) is 47.3 Å². The maximum atomic E-state index is 13.8. The molecular formula is C17H19F2N5O2. The Morgan fingerprint density at radius 2 is 1.85 bits per heavy atom. The molecule has 3 rings (SSSR count). The number of aromatic nitrogens is 2. The summed E-state index contributed by atoms with van der Waals surface area (Å²) in [7, 11) is 0. The summed E-state index contributed by atoms with van der Waals surface area (Å²) in [5, 5.41) is 9.60. The van der Waals surface area contributed by atoms with Gasteiger partial charge in [0.2, 0.25) is 0 Å². The van der Waals surface area contributed by atoms with E-state index in [2.05, 4.69) is 15.5 Å². The molecule has 0 atom stereocenters. The fourth-order valence-electron chi connectivity index (χ4n) is 3.07. The van der Waals surface area contributed by atoms with Crippen LogP contribution in [0.1, 0.15) is 53.0 Å². The predicted octanol–water partition coefficient (Wildman–Crippen LogP) is 2.27. The summed E-state index contributed by atoms with van der Waals surface area (Å²) in [5.41, 5.74) is -0.899. The van der Waals surface area contributed by atoms with Crippen molar-refractivity contribution in [3.8, 4) is 0 Å². The minimum atomic E-state index is -1.12. The standard InChI is InChI=1S/C17H19F2N5O2/c18-11-7-4-8-12(19)14(11)17(26)24(20)13-9-21-23-15(13)16(25)22-10-5-2-1-3-6-10/h4,7-10H,1-3,5-6,20H2,(H,21,23)(H,22,25). The number of hydrogen-bond donors (Lipinski definition) is 3. The van der Waals surface area contributed by atoms with E-state index in [1.165, 1.54) is 0 Å². The number of carbonyl (C=O) groups is 2. The molecule has 0 saturated heterocycles. The van der Waals surface area contributed by atoms with Gasteiger partial charge in [0.05, 0.1) is 6.20 Å². The third-order valence-electron chi connectivity index (χ3n) is 4.44. The number of anilines is 1. The van der Waals surface area contributed by atoms with E-state index in [0.29, 0.717) is 5.01 Å². The molecule has 1 saturated carbocycles. The lowest BCUT2D eigenvalue weighted by Gasteiger charge is -2.23. The molecular weight excluding hydrogens is 344 g/mol. The number of nitrogens with zero attached hydrogens (tertiary/aromatic N) is 2. The van der Waals surface area contributed by atoms with E-state index in [1.54, 1.807) is 0 Å². The first-order chi connectivity index (χ1) is 12.5. The average Bonchev–Trinajstić information content (AvgIpc) is 3.11. The van der Waals surface area contributed by atoms with Crippen LogP contribution in [0.25, 0.3) is 0 Å². The van der Waals surface area contributed by atoms with Gasteiger partial charge < -0.3 is 5.32 Å². The highest BCUT2D eigenvalue weighted by atomic mass is 19.1. The number of nitrogens with two attached hydrogens (primary N) is 1. The van der Waals surface area contributed by atoms with Crippen LogP contribution in [-0.4, -0.2) is 28.1 Å². The molecule has 0 spiro atoms. The van der Waals surface area contributed by atoms with Gasteiger partial charge in [-0.05, 0) is 25.0 Å².